The SMILES string of the molecule is CC(C)N1CC(c2cccc(Nc3ncc4cc(C#CC=O)c(OC5CCCCN5C(=O)OC(C)(C)C)cc4n3)c2)N(c2ccc(N3CCN(c4ccc(OC[C@H]5OC[C@](Cn6cncn6)(c6ccc(F)cc6F)O5)cc4)CC3)cc2)C1=O. The third-order valence-electron chi connectivity index (χ3n) is 15.1. The Hall–Kier alpha value is -8.87. The lowest BCUT2D eigenvalue weighted by Gasteiger charge is -2.37. The van der Waals surface area contributed by atoms with Crippen molar-refractivity contribution in [2.75, 3.05) is 72.5 Å². The molecule has 0 aliphatic carbocycles. The molecule has 4 fully saturated rings. The summed E-state index contributed by atoms with van der Waals surface area (Å²) < 4.78 is 61.1. The van der Waals surface area contributed by atoms with Gasteiger partial charge in [-0.1, -0.05) is 24.1 Å². The second kappa shape index (κ2) is 23.9. The maximum atomic E-state index is 15.1. The molecule has 6 heterocycles. The number of carbonyl (C=O) groups is 3. The third kappa shape index (κ3) is 12.6. The van der Waals surface area contributed by atoms with E-state index >= 15 is 4.39 Å². The van der Waals surface area contributed by atoms with E-state index in [-0.39, 0.29) is 43.4 Å². The lowest BCUT2D eigenvalue weighted by molar-refractivity contribution is -0.117. The fourth-order valence-electron chi connectivity index (χ4n) is 11.0. The molecule has 83 heavy (non-hydrogen) atoms. The number of halogens is 2. The zero-order chi connectivity index (χ0) is 57.8. The predicted octanol–water partition coefficient (Wildman–Crippen LogP) is 9.99. The lowest BCUT2D eigenvalue weighted by atomic mass is 9.94. The molecule has 1 N–H and O–H groups in total. The number of hydrogen-bond donors (Lipinski definition) is 1. The normalized spacial score (nSPS) is 20.2. The molecule has 4 aliphatic rings. The van der Waals surface area contributed by atoms with Crippen molar-refractivity contribution in [3.63, 3.8) is 0 Å². The minimum absolute atomic E-state index is 0.00244. The van der Waals surface area contributed by atoms with Crippen LogP contribution in [0.25, 0.3) is 10.9 Å². The topological polar surface area (TPSA) is 182 Å². The molecule has 0 spiro atoms. The maximum absolute atomic E-state index is 15.1. The van der Waals surface area contributed by atoms with Crippen LogP contribution in [-0.2, 0) is 31.2 Å². The average molecular weight is 1130 g/mol. The second-order valence-electron chi connectivity index (χ2n) is 22.3. The van der Waals surface area contributed by atoms with Crippen LogP contribution in [0, 0.1) is 23.5 Å². The average Bonchev–Trinajstić information content (AvgIpc) is 4.33. The number of hydrogen-bond acceptors (Lipinski definition) is 15. The van der Waals surface area contributed by atoms with Gasteiger partial charge in [0.1, 0.15) is 53.6 Å². The largest absolute Gasteiger partial charge is 0.488 e. The first-order valence-electron chi connectivity index (χ1n) is 27.9. The standard InChI is InChI=1S/C62H65F2N11O8/c1-41(2)74-35-54(42-10-8-12-46(31-42)68-58-66-34-44-30-43(11-9-29-76)55(33-53(44)69-58)81-56-13-6-7-24-73(56)60(78)83-61(3,4)5)75(59(74)77)49-17-15-47(16-18-49)70-25-27-71(28-26-70)48-19-21-50(22-20-48)79-36-57-80-38-62(82-57,37-72-40-65-39-67-72)51-23-14-45(63)32-52(51)64/h8,10,12,14-23,29-34,39-41,54,56-57H,6-7,13,24-28,35-38H2,1-5H3,(H,66,68,69)/t54?,56?,57-,62+/m0/s1. The van der Waals surface area contributed by atoms with Crippen LogP contribution in [-0.4, -0.2) is 130 Å². The van der Waals surface area contributed by atoms with Gasteiger partial charge in [0, 0.05) is 104 Å². The summed E-state index contributed by atoms with van der Waals surface area (Å²) in [5.41, 5.74) is 3.81. The number of piperazine rings is 1. The second-order valence-corrected chi connectivity index (χ2v) is 22.3. The minimum Gasteiger partial charge on any atom is -0.488 e. The van der Waals surface area contributed by atoms with Crippen LogP contribution in [0.4, 0.5) is 47.1 Å². The number of aromatic nitrogens is 5. The molecule has 0 radical (unpaired) electrons. The molecule has 11 rings (SSSR count). The van der Waals surface area contributed by atoms with E-state index in [9.17, 15) is 18.8 Å². The molecule has 0 bridgehead atoms. The van der Waals surface area contributed by atoms with E-state index in [0.717, 1.165) is 73.4 Å². The zero-order valence-electron chi connectivity index (χ0n) is 46.9. The summed E-state index contributed by atoms with van der Waals surface area (Å²) in [4.78, 5) is 62.4. The number of carbonyl (C=O) groups excluding carboxylic acids is 3. The smallest absolute Gasteiger partial charge is 0.413 e. The molecule has 19 nitrogen and oxygen atoms in total. The van der Waals surface area contributed by atoms with Crippen LogP contribution in [0.1, 0.15) is 76.6 Å². The molecule has 21 heteroatoms. The Labute approximate surface area is 480 Å². The van der Waals surface area contributed by atoms with E-state index < -0.39 is 41.4 Å². The van der Waals surface area contributed by atoms with Crippen molar-refractivity contribution < 1.29 is 46.8 Å². The fourth-order valence-corrected chi connectivity index (χ4v) is 11.0. The van der Waals surface area contributed by atoms with Gasteiger partial charge < -0.3 is 43.7 Å². The van der Waals surface area contributed by atoms with E-state index in [1.165, 1.54) is 29.5 Å². The highest BCUT2D eigenvalue weighted by Crippen LogP contribution is 2.40. The van der Waals surface area contributed by atoms with E-state index in [1.54, 1.807) is 23.2 Å². The summed E-state index contributed by atoms with van der Waals surface area (Å²) in [5.74, 6) is 5.27. The number of rotatable bonds is 15. The first-order chi connectivity index (χ1) is 40.1. The number of fused-ring (bicyclic) bond motifs is 1. The van der Waals surface area contributed by atoms with E-state index in [1.807, 2.05) is 105 Å². The summed E-state index contributed by atoms with van der Waals surface area (Å²) in [6, 6.07) is 30.5. The van der Waals surface area contributed by atoms with Gasteiger partial charge >= 0.3 is 12.1 Å². The molecule has 430 valence electrons. The summed E-state index contributed by atoms with van der Waals surface area (Å²) in [6.45, 7) is 13.8. The number of urea groups is 1. The van der Waals surface area contributed by atoms with Gasteiger partial charge in [-0.15, -0.1) is 0 Å². The molecule has 4 atom stereocenters. The summed E-state index contributed by atoms with van der Waals surface area (Å²) in [5, 5.41) is 8.21. The fraction of sp³-hybridized carbons (Fsp3) is 0.371. The molecule has 5 aromatic carbocycles. The number of amides is 3. The van der Waals surface area contributed by atoms with Crippen molar-refractivity contribution in [1.29, 1.82) is 0 Å². The van der Waals surface area contributed by atoms with Crippen LogP contribution in [0.15, 0.2) is 122 Å². The van der Waals surface area contributed by atoms with Gasteiger partial charge in [-0.2, -0.15) is 5.10 Å². The zero-order valence-corrected chi connectivity index (χ0v) is 46.9. The number of piperidine rings is 1. The van der Waals surface area contributed by atoms with Crippen LogP contribution in [0.3, 0.4) is 0 Å². The quantitative estimate of drug-likeness (QED) is 0.0756. The number of likely N-dealkylation sites (tertiary alicyclic amines) is 1. The molecule has 3 amide bonds. The van der Waals surface area contributed by atoms with Crippen molar-refractivity contribution in [3.8, 4) is 23.3 Å². The van der Waals surface area contributed by atoms with Gasteiger partial charge in [-0.25, -0.2) is 38.0 Å². The molecular formula is C62H65F2N11O8. The van der Waals surface area contributed by atoms with Gasteiger partial charge in [0.15, 0.2) is 18.8 Å². The Morgan fingerprint density at radius 3 is 2.36 bits per heavy atom. The Bertz CT molecular complexity index is 3530. The Morgan fingerprint density at radius 2 is 1.66 bits per heavy atom. The van der Waals surface area contributed by atoms with Crippen LogP contribution in [0.5, 0.6) is 11.5 Å². The third-order valence-corrected chi connectivity index (χ3v) is 15.1. The highest BCUT2D eigenvalue weighted by molar-refractivity contribution is 5.96. The van der Waals surface area contributed by atoms with Crippen molar-refractivity contribution in [3.05, 3.63) is 150 Å². The Balaban J connectivity index is 0.723. The van der Waals surface area contributed by atoms with Gasteiger partial charge in [0.2, 0.25) is 5.95 Å². The minimum atomic E-state index is -1.27. The van der Waals surface area contributed by atoms with E-state index in [4.69, 9.17) is 28.7 Å². The Morgan fingerprint density at radius 1 is 0.916 bits per heavy atom. The van der Waals surface area contributed by atoms with Gasteiger partial charge in [-0.05, 0) is 132 Å². The van der Waals surface area contributed by atoms with Gasteiger partial charge in [0.25, 0.3) is 0 Å². The molecule has 4 aliphatic heterocycles. The highest BCUT2D eigenvalue weighted by atomic mass is 19.1. The number of nitrogens with one attached hydrogen (secondary N) is 1. The van der Waals surface area contributed by atoms with Crippen LogP contribution < -0.4 is 29.5 Å². The van der Waals surface area contributed by atoms with Crippen molar-refractivity contribution >= 4 is 58.0 Å². The highest BCUT2D eigenvalue weighted by Gasteiger charge is 2.46. The van der Waals surface area contributed by atoms with Gasteiger partial charge in [-0.3, -0.25) is 14.6 Å². The van der Waals surface area contributed by atoms with Crippen LogP contribution in [0.2, 0.25) is 0 Å². The van der Waals surface area contributed by atoms with Crippen molar-refractivity contribution in [2.24, 2.45) is 0 Å². The number of nitrogens with zero attached hydrogens (tertiary/aromatic N) is 10. The summed E-state index contributed by atoms with van der Waals surface area (Å²) >= 11 is 0. The van der Waals surface area contributed by atoms with E-state index in [0.29, 0.717) is 59.7 Å². The molecule has 2 aromatic heterocycles. The monoisotopic (exact) mass is 1130 g/mol. The lowest BCUT2D eigenvalue weighted by Crippen LogP contribution is -2.48. The number of aldehydes is 1. The number of anilines is 5. The molecule has 0 saturated carbocycles. The maximum Gasteiger partial charge on any atom is 0.413 e. The number of benzene rings is 5. The van der Waals surface area contributed by atoms with Crippen LogP contribution >= 0.6 is 0 Å². The van der Waals surface area contributed by atoms with Crippen molar-refractivity contribution in [1.82, 2.24) is 34.5 Å². The number of ether oxygens (including phenoxy) is 5. The molecule has 7 aromatic rings. The van der Waals surface area contributed by atoms with E-state index in [2.05, 4.69) is 54.2 Å². The van der Waals surface area contributed by atoms with Crippen molar-refractivity contribution in [2.45, 2.75) is 96.2 Å². The molecule has 2 unspecified atom stereocenters. The van der Waals surface area contributed by atoms with Gasteiger partial charge in [0.05, 0.1) is 30.3 Å². The predicted molar refractivity (Wildman–Crippen MR) is 308 cm³/mol. The molecular weight excluding hydrogens is 1060 g/mol. The first kappa shape index (κ1) is 56.0. The molecule has 4 saturated heterocycles. The first-order valence-corrected chi connectivity index (χ1v) is 27.9. The summed E-state index contributed by atoms with van der Waals surface area (Å²) in [6.07, 6.45) is 5.46. The Kier molecular flexibility index (Phi) is 16.1. The summed E-state index contributed by atoms with van der Waals surface area (Å²) in [7, 11) is 0.